The summed E-state index contributed by atoms with van der Waals surface area (Å²) in [6.45, 7) is 5.43. The van der Waals surface area contributed by atoms with Gasteiger partial charge in [0.2, 0.25) is 5.89 Å². The zero-order valence-corrected chi connectivity index (χ0v) is 19.1. The average molecular weight is 475 g/mol. The van der Waals surface area contributed by atoms with Crippen LogP contribution < -0.4 is 10.5 Å². The van der Waals surface area contributed by atoms with Gasteiger partial charge in [0.25, 0.3) is 11.8 Å². The van der Waals surface area contributed by atoms with E-state index in [1.54, 1.807) is 42.5 Å². The summed E-state index contributed by atoms with van der Waals surface area (Å²) < 4.78 is 11.3. The number of hydroxylamine groups is 2. The number of imide groups is 1. The summed E-state index contributed by atoms with van der Waals surface area (Å²) in [6, 6.07) is 11.9. The van der Waals surface area contributed by atoms with Crippen LogP contribution in [0.1, 0.15) is 37.0 Å². The van der Waals surface area contributed by atoms with E-state index < -0.39 is 23.4 Å². The van der Waals surface area contributed by atoms with E-state index in [0.717, 1.165) is 18.8 Å². The first-order chi connectivity index (χ1) is 16.9. The van der Waals surface area contributed by atoms with Gasteiger partial charge in [0.1, 0.15) is 16.7 Å². The number of amides is 2. The van der Waals surface area contributed by atoms with Gasteiger partial charge in [-0.2, -0.15) is 0 Å². The van der Waals surface area contributed by atoms with Gasteiger partial charge in [0.05, 0.1) is 5.56 Å². The van der Waals surface area contributed by atoms with Crippen LogP contribution in [0.15, 0.2) is 56.1 Å². The topological polar surface area (TPSA) is 123 Å². The molecule has 0 bridgehead atoms. The van der Waals surface area contributed by atoms with Crippen LogP contribution in [-0.2, 0) is 14.4 Å². The van der Waals surface area contributed by atoms with Crippen molar-refractivity contribution in [3.05, 3.63) is 58.4 Å². The molecule has 1 fully saturated rings. The number of hydrogen-bond acceptors (Lipinski definition) is 9. The molecule has 0 atom stereocenters. The molecule has 0 N–H and O–H groups in total. The van der Waals surface area contributed by atoms with Gasteiger partial charge in [-0.1, -0.05) is 12.1 Å². The molecule has 2 aromatic heterocycles. The molecule has 1 aliphatic rings. The summed E-state index contributed by atoms with van der Waals surface area (Å²) in [5.74, 6) is -2.48. The lowest BCUT2D eigenvalue weighted by Crippen LogP contribution is -2.32. The molecule has 0 saturated carbocycles. The summed E-state index contributed by atoms with van der Waals surface area (Å²) >= 11 is 0. The third-order valence-corrected chi connectivity index (χ3v) is 5.91. The summed E-state index contributed by atoms with van der Waals surface area (Å²) in [4.78, 5) is 62.2. The quantitative estimate of drug-likeness (QED) is 0.303. The van der Waals surface area contributed by atoms with E-state index in [9.17, 15) is 19.2 Å². The van der Waals surface area contributed by atoms with Crippen LogP contribution in [-0.4, -0.2) is 40.9 Å². The highest BCUT2D eigenvalue weighted by atomic mass is 16.7. The number of anilines is 1. The Morgan fingerprint density at radius 3 is 2.40 bits per heavy atom. The fourth-order valence-corrected chi connectivity index (χ4v) is 4.15. The van der Waals surface area contributed by atoms with E-state index in [1.165, 1.54) is 0 Å². The minimum absolute atomic E-state index is 0.0605. The minimum Gasteiger partial charge on any atom is -0.436 e. The maximum atomic E-state index is 13.4. The second kappa shape index (κ2) is 8.71. The van der Waals surface area contributed by atoms with Gasteiger partial charge in [0.15, 0.2) is 5.58 Å². The van der Waals surface area contributed by atoms with Crippen molar-refractivity contribution in [2.45, 2.75) is 26.7 Å². The van der Waals surface area contributed by atoms with Gasteiger partial charge in [-0.3, -0.25) is 9.59 Å². The van der Waals surface area contributed by atoms with Crippen LogP contribution in [0.5, 0.6) is 0 Å². The Kier molecular flexibility index (Phi) is 5.56. The first kappa shape index (κ1) is 22.3. The van der Waals surface area contributed by atoms with Crippen LogP contribution in [0.25, 0.3) is 33.5 Å². The summed E-state index contributed by atoms with van der Waals surface area (Å²) in [5, 5.41) is 0.685. The number of nitrogens with zero attached hydrogens (tertiary/aromatic N) is 3. The summed E-state index contributed by atoms with van der Waals surface area (Å²) in [5.41, 5.74) is 0.488. The molecule has 4 aromatic rings. The van der Waals surface area contributed by atoms with Gasteiger partial charge in [-0.05, 0) is 38.1 Å². The zero-order valence-electron chi connectivity index (χ0n) is 19.1. The maximum Gasteiger partial charge on any atom is 0.365 e. The number of benzene rings is 2. The van der Waals surface area contributed by atoms with E-state index in [4.69, 9.17) is 13.7 Å². The number of para-hydroxylation sites is 2. The van der Waals surface area contributed by atoms with E-state index in [-0.39, 0.29) is 40.8 Å². The molecule has 0 unspecified atom stereocenters. The number of oxazole rings is 1. The monoisotopic (exact) mass is 475 g/mol. The average Bonchev–Trinajstić information content (AvgIpc) is 3.42. The van der Waals surface area contributed by atoms with Crippen LogP contribution in [0.2, 0.25) is 0 Å². The number of carbonyl (C=O) groups excluding carboxylic acids is 3. The molecule has 1 aliphatic heterocycles. The molecular weight excluding hydrogens is 454 g/mol. The lowest BCUT2D eigenvalue weighted by Gasteiger charge is -2.21. The van der Waals surface area contributed by atoms with Crippen LogP contribution in [0, 0.1) is 0 Å². The molecule has 2 amide bonds. The first-order valence-corrected chi connectivity index (χ1v) is 11.2. The third-order valence-electron chi connectivity index (χ3n) is 5.91. The predicted molar refractivity (Wildman–Crippen MR) is 126 cm³/mol. The second-order valence-corrected chi connectivity index (χ2v) is 7.94. The highest BCUT2D eigenvalue weighted by molar-refractivity contribution is 6.10. The minimum atomic E-state index is -1.07. The normalized spacial score (nSPS) is 13.7. The molecule has 2 aromatic carbocycles. The van der Waals surface area contributed by atoms with E-state index in [0.29, 0.717) is 16.2 Å². The Bertz CT molecular complexity index is 1500. The molecule has 5 rings (SSSR count). The van der Waals surface area contributed by atoms with Crippen molar-refractivity contribution in [1.82, 2.24) is 10.0 Å². The molecule has 0 aliphatic carbocycles. The lowest BCUT2D eigenvalue weighted by molar-refractivity contribution is -0.172. The standard InChI is InChI=1S/C25H21N3O7/c1-3-27(4-2)14-9-10-15-18(13-14)34-24(31)22(23-26-16-7-5-6-8-17(16)33-23)21(15)25(32)35-28-19(29)11-12-20(28)30/h5-10,13H,3-4,11-12H2,1-2H3. The van der Waals surface area contributed by atoms with Gasteiger partial charge in [-0.25, -0.2) is 14.6 Å². The summed E-state index contributed by atoms with van der Waals surface area (Å²) in [7, 11) is 0. The first-order valence-electron chi connectivity index (χ1n) is 11.2. The van der Waals surface area contributed by atoms with E-state index in [2.05, 4.69) is 4.98 Å². The molecule has 1 saturated heterocycles. The Balaban J connectivity index is 1.73. The maximum absolute atomic E-state index is 13.4. The van der Waals surface area contributed by atoms with Crippen molar-refractivity contribution in [2.24, 2.45) is 0 Å². The fraction of sp³-hybridized carbons (Fsp3) is 0.240. The van der Waals surface area contributed by atoms with Crippen molar-refractivity contribution in [2.75, 3.05) is 18.0 Å². The number of aromatic nitrogens is 1. The molecule has 35 heavy (non-hydrogen) atoms. The number of carbonyl (C=O) groups is 3. The highest BCUT2D eigenvalue weighted by Gasteiger charge is 2.35. The van der Waals surface area contributed by atoms with Crippen LogP contribution in [0.4, 0.5) is 5.69 Å². The predicted octanol–water partition coefficient (Wildman–Crippen LogP) is 3.67. The summed E-state index contributed by atoms with van der Waals surface area (Å²) in [6.07, 6.45) is -0.121. The SMILES string of the molecule is CCN(CC)c1ccc2c(C(=O)ON3C(=O)CCC3=O)c(-c3nc4ccccc4o3)c(=O)oc2c1. The molecular formula is C25H21N3O7. The van der Waals surface area contributed by atoms with Crippen molar-refractivity contribution in [3.8, 4) is 11.5 Å². The molecule has 3 heterocycles. The molecule has 178 valence electrons. The Labute approximate surface area is 198 Å². The molecule has 10 heteroatoms. The van der Waals surface area contributed by atoms with Gasteiger partial charge in [-0.15, -0.1) is 5.06 Å². The van der Waals surface area contributed by atoms with E-state index >= 15 is 0 Å². The molecule has 0 spiro atoms. The van der Waals surface area contributed by atoms with E-state index in [1.807, 2.05) is 18.7 Å². The Hall–Kier alpha value is -4.47. The largest absolute Gasteiger partial charge is 0.436 e. The smallest absolute Gasteiger partial charge is 0.365 e. The molecule has 10 nitrogen and oxygen atoms in total. The highest BCUT2D eigenvalue weighted by Crippen LogP contribution is 2.32. The van der Waals surface area contributed by atoms with Gasteiger partial charge >= 0.3 is 11.6 Å². The van der Waals surface area contributed by atoms with Gasteiger partial charge in [0, 0.05) is 43.1 Å². The fourth-order valence-electron chi connectivity index (χ4n) is 4.15. The van der Waals surface area contributed by atoms with Gasteiger partial charge < -0.3 is 18.6 Å². The zero-order chi connectivity index (χ0) is 24.7. The number of rotatable bonds is 6. The van der Waals surface area contributed by atoms with Crippen molar-refractivity contribution in [3.63, 3.8) is 0 Å². The number of fused-ring (bicyclic) bond motifs is 2. The van der Waals surface area contributed by atoms with Crippen molar-refractivity contribution >= 4 is 45.5 Å². The van der Waals surface area contributed by atoms with Crippen molar-refractivity contribution in [1.29, 1.82) is 0 Å². The van der Waals surface area contributed by atoms with Crippen LogP contribution in [0.3, 0.4) is 0 Å². The molecule has 0 radical (unpaired) electrons. The lowest BCUT2D eigenvalue weighted by atomic mass is 10.0. The number of hydrogen-bond donors (Lipinski definition) is 0. The van der Waals surface area contributed by atoms with Crippen LogP contribution >= 0.6 is 0 Å². The third kappa shape index (κ3) is 3.82. The second-order valence-electron chi connectivity index (χ2n) is 7.94. The Morgan fingerprint density at radius 2 is 1.71 bits per heavy atom. The Morgan fingerprint density at radius 1 is 1.00 bits per heavy atom. The van der Waals surface area contributed by atoms with Crippen molar-refractivity contribution < 1.29 is 28.1 Å².